The maximum Gasteiger partial charge on any atom is 0.326 e. The predicted octanol–water partition coefficient (Wildman–Crippen LogP) is 0.259. The first kappa shape index (κ1) is 15.7. The van der Waals surface area contributed by atoms with Crippen molar-refractivity contribution in [2.45, 2.75) is 39.3 Å². The van der Waals surface area contributed by atoms with Gasteiger partial charge in [-0.25, -0.2) is 4.79 Å². The number of hydrogen-bond acceptors (Lipinski definition) is 4. The number of rotatable bonds is 7. The van der Waals surface area contributed by atoms with E-state index in [1.54, 1.807) is 13.0 Å². The van der Waals surface area contributed by atoms with Gasteiger partial charge in [0, 0.05) is 13.0 Å². The van der Waals surface area contributed by atoms with Gasteiger partial charge in [-0.2, -0.15) is 5.10 Å². The lowest BCUT2D eigenvalue weighted by molar-refractivity contribution is -0.140. The Morgan fingerprint density at radius 2 is 2.05 bits per heavy atom. The molecule has 110 valence electrons. The zero-order valence-electron chi connectivity index (χ0n) is 11.3. The Morgan fingerprint density at radius 1 is 1.40 bits per heavy atom. The summed E-state index contributed by atoms with van der Waals surface area (Å²) in [6.45, 7) is 4.01. The third-order valence-corrected chi connectivity index (χ3v) is 2.68. The van der Waals surface area contributed by atoms with Crippen LogP contribution in [-0.4, -0.2) is 43.9 Å². The lowest BCUT2D eigenvalue weighted by Gasteiger charge is -2.13. The zero-order valence-corrected chi connectivity index (χ0v) is 11.3. The van der Waals surface area contributed by atoms with Gasteiger partial charge in [0.15, 0.2) is 0 Å². The summed E-state index contributed by atoms with van der Waals surface area (Å²) in [5.74, 6) is -2.95. The van der Waals surface area contributed by atoms with E-state index in [4.69, 9.17) is 10.2 Å². The number of hydrogen-bond donors (Lipinski definition) is 3. The molecule has 1 atom stereocenters. The lowest BCUT2D eigenvalue weighted by Crippen LogP contribution is -2.41. The Hall–Kier alpha value is -2.38. The van der Waals surface area contributed by atoms with Crippen LogP contribution in [-0.2, 0) is 16.1 Å². The molecule has 3 N–H and O–H groups in total. The minimum Gasteiger partial charge on any atom is -0.481 e. The van der Waals surface area contributed by atoms with E-state index in [1.807, 2.05) is 6.92 Å². The van der Waals surface area contributed by atoms with Gasteiger partial charge in [0.1, 0.15) is 11.7 Å². The van der Waals surface area contributed by atoms with Crippen molar-refractivity contribution < 1.29 is 24.6 Å². The van der Waals surface area contributed by atoms with Crippen molar-refractivity contribution in [2.24, 2.45) is 0 Å². The third kappa shape index (κ3) is 4.08. The first-order chi connectivity index (χ1) is 9.35. The normalized spacial score (nSPS) is 11.9. The average molecular weight is 283 g/mol. The van der Waals surface area contributed by atoms with Crippen LogP contribution in [0.5, 0.6) is 0 Å². The molecule has 0 aliphatic heterocycles. The first-order valence-electron chi connectivity index (χ1n) is 6.15. The fourth-order valence-electron chi connectivity index (χ4n) is 1.73. The molecule has 1 heterocycles. The van der Waals surface area contributed by atoms with Crippen LogP contribution in [0, 0.1) is 6.92 Å². The van der Waals surface area contributed by atoms with Crippen LogP contribution in [0.15, 0.2) is 6.07 Å². The van der Waals surface area contributed by atoms with Crippen molar-refractivity contribution in [3.63, 3.8) is 0 Å². The summed E-state index contributed by atoms with van der Waals surface area (Å²) in [6.07, 6.45) is -0.501. The molecule has 0 fully saturated rings. The number of carboxylic acid groups (broad SMARTS) is 2. The molecule has 20 heavy (non-hydrogen) atoms. The number of aliphatic carboxylic acids is 2. The van der Waals surface area contributed by atoms with Crippen LogP contribution in [0.1, 0.15) is 35.9 Å². The SMILES string of the molecule is CCn1nc(C)cc1C(=O)N[C@@H](CCC(=O)O)C(=O)O. The molecule has 1 aromatic rings. The molecule has 0 saturated carbocycles. The second kappa shape index (κ2) is 6.69. The summed E-state index contributed by atoms with van der Waals surface area (Å²) in [5, 5.41) is 23.9. The van der Waals surface area contributed by atoms with E-state index in [0.717, 1.165) is 0 Å². The van der Waals surface area contributed by atoms with Gasteiger partial charge >= 0.3 is 11.9 Å². The second-order valence-corrected chi connectivity index (χ2v) is 4.28. The highest BCUT2D eigenvalue weighted by Gasteiger charge is 2.23. The number of aryl methyl sites for hydroxylation is 2. The van der Waals surface area contributed by atoms with Crippen LogP contribution in [0.25, 0.3) is 0 Å². The van der Waals surface area contributed by atoms with E-state index in [9.17, 15) is 14.4 Å². The van der Waals surface area contributed by atoms with Gasteiger partial charge in [0.05, 0.1) is 5.69 Å². The minimum absolute atomic E-state index is 0.171. The van der Waals surface area contributed by atoms with E-state index >= 15 is 0 Å². The largest absolute Gasteiger partial charge is 0.481 e. The van der Waals surface area contributed by atoms with Gasteiger partial charge in [0.25, 0.3) is 5.91 Å². The van der Waals surface area contributed by atoms with Crippen molar-refractivity contribution in [3.8, 4) is 0 Å². The molecular formula is C12H17N3O5. The molecule has 0 bridgehead atoms. The maximum atomic E-state index is 12.0. The fourth-order valence-corrected chi connectivity index (χ4v) is 1.73. The number of aromatic nitrogens is 2. The van der Waals surface area contributed by atoms with Crippen molar-refractivity contribution in [1.82, 2.24) is 15.1 Å². The van der Waals surface area contributed by atoms with Crippen LogP contribution in [0.3, 0.4) is 0 Å². The van der Waals surface area contributed by atoms with Gasteiger partial charge in [-0.1, -0.05) is 0 Å². The molecular weight excluding hydrogens is 266 g/mol. The Bertz CT molecular complexity index is 523. The van der Waals surface area contributed by atoms with Gasteiger partial charge in [-0.05, 0) is 26.3 Å². The third-order valence-electron chi connectivity index (χ3n) is 2.68. The molecule has 8 heteroatoms. The van der Waals surface area contributed by atoms with Gasteiger partial charge in [-0.15, -0.1) is 0 Å². The summed E-state index contributed by atoms with van der Waals surface area (Å²) >= 11 is 0. The molecule has 0 saturated heterocycles. The maximum absolute atomic E-state index is 12.0. The summed E-state index contributed by atoms with van der Waals surface area (Å²) < 4.78 is 1.46. The average Bonchev–Trinajstić information content (AvgIpc) is 2.74. The number of carbonyl (C=O) groups is 3. The molecule has 0 spiro atoms. The predicted molar refractivity (Wildman–Crippen MR) is 68.4 cm³/mol. The van der Waals surface area contributed by atoms with E-state index in [1.165, 1.54) is 4.68 Å². The van der Waals surface area contributed by atoms with Crippen LogP contribution in [0.4, 0.5) is 0 Å². The Morgan fingerprint density at radius 3 is 2.55 bits per heavy atom. The lowest BCUT2D eigenvalue weighted by atomic mass is 10.1. The van der Waals surface area contributed by atoms with E-state index in [2.05, 4.69) is 10.4 Å². The van der Waals surface area contributed by atoms with Crippen molar-refractivity contribution >= 4 is 17.8 Å². The summed E-state index contributed by atoms with van der Waals surface area (Å²) in [6, 6.07) is 0.314. The van der Waals surface area contributed by atoms with Gasteiger partial charge in [-0.3, -0.25) is 14.3 Å². The van der Waals surface area contributed by atoms with Crippen molar-refractivity contribution in [3.05, 3.63) is 17.5 Å². The van der Waals surface area contributed by atoms with E-state index < -0.39 is 23.9 Å². The smallest absolute Gasteiger partial charge is 0.326 e. The van der Waals surface area contributed by atoms with Crippen LogP contribution < -0.4 is 5.32 Å². The summed E-state index contributed by atoms with van der Waals surface area (Å²) in [5.41, 5.74) is 0.904. The molecule has 0 aliphatic rings. The molecule has 0 aliphatic carbocycles. The monoisotopic (exact) mass is 283 g/mol. The highest BCUT2D eigenvalue weighted by molar-refractivity contribution is 5.95. The summed E-state index contributed by atoms with van der Waals surface area (Å²) in [4.78, 5) is 33.5. The minimum atomic E-state index is -1.26. The summed E-state index contributed by atoms with van der Waals surface area (Å²) in [7, 11) is 0. The fraction of sp³-hybridized carbons (Fsp3) is 0.500. The standard InChI is InChI=1S/C12H17N3O5/c1-3-15-9(6-7(2)14-15)11(18)13-8(12(19)20)4-5-10(16)17/h6,8H,3-5H2,1-2H3,(H,13,18)(H,16,17)(H,19,20)/t8-/m0/s1. The van der Waals surface area contributed by atoms with E-state index in [0.29, 0.717) is 12.2 Å². The molecule has 0 aromatic carbocycles. The van der Waals surface area contributed by atoms with Crippen molar-refractivity contribution in [1.29, 1.82) is 0 Å². The Kier molecular flexibility index (Phi) is 5.24. The molecule has 1 rings (SSSR count). The molecule has 1 amide bonds. The second-order valence-electron chi connectivity index (χ2n) is 4.28. The van der Waals surface area contributed by atoms with E-state index in [-0.39, 0.29) is 18.5 Å². The molecule has 0 unspecified atom stereocenters. The first-order valence-corrected chi connectivity index (χ1v) is 6.15. The number of amides is 1. The van der Waals surface area contributed by atoms with Crippen molar-refractivity contribution in [2.75, 3.05) is 0 Å². The number of nitrogens with one attached hydrogen (secondary N) is 1. The Labute approximate surface area is 115 Å². The number of carboxylic acids is 2. The highest BCUT2D eigenvalue weighted by Crippen LogP contribution is 2.06. The topological polar surface area (TPSA) is 122 Å². The Balaban J connectivity index is 2.79. The zero-order chi connectivity index (χ0) is 15.3. The van der Waals surface area contributed by atoms with Crippen LogP contribution >= 0.6 is 0 Å². The van der Waals surface area contributed by atoms with Gasteiger partial charge < -0.3 is 15.5 Å². The molecule has 1 aromatic heterocycles. The highest BCUT2D eigenvalue weighted by atomic mass is 16.4. The molecule has 8 nitrogen and oxygen atoms in total. The number of nitrogens with zero attached hydrogens (tertiary/aromatic N) is 2. The van der Waals surface area contributed by atoms with Gasteiger partial charge in [0.2, 0.25) is 0 Å². The van der Waals surface area contributed by atoms with Crippen LogP contribution in [0.2, 0.25) is 0 Å². The molecule has 0 radical (unpaired) electrons. The number of carbonyl (C=O) groups excluding carboxylic acids is 1. The quantitative estimate of drug-likeness (QED) is 0.660.